The minimum absolute atomic E-state index is 0.0496. The van der Waals surface area contributed by atoms with Crippen molar-refractivity contribution >= 4 is 57.1 Å². The number of rotatable bonds is 2. The van der Waals surface area contributed by atoms with Crippen LogP contribution in [0.1, 0.15) is 26.3 Å². The van der Waals surface area contributed by atoms with Gasteiger partial charge in [0.15, 0.2) is 0 Å². The number of carbonyl (C=O) groups is 2. The van der Waals surface area contributed by atoms with Gasteiger partial charge in [-0.25, -0.2) is 4.79 Å². The molecule has 0 saturated carbocycles. The van der Waals surface area contributed by atoms with Crippen molar-refractivity contribution in [3.63, 3.8) is 0 Å². The van der Waals surface area contributed by atoms with E-state index in [-0.39, 0.29) is 5.91 Å². The Morgan fingerprint density at radius 1 is 1.04 bits per heavy atom. The quantitative estimate of drug-likeness (QED) is 0.524. The van der Waals surface area contributed by atoms with Crippen LogP contribution in [0.15, 0.2) is 42.5 Å². The van der Waals surface area contributed by atoms with E-state index in [0.29, 0.717) is 5.56 Å². The number of amides is 1. The van der Waals surface area contributed by atoms with Crippen molar-refractivity contribution in [2.75, 3.05) is 28.2 Å². The standard InChI is InChI=1S/C9H10INO.C8H7IO2.C2H7N/c1-11(2)9(12)7-4-3-5-8(10)6-7;1-5-6(8(10)11)3-2-4-7(5)9;1-3-2/h3-6H,1-2H3;2-4H,1H3,(H,10,11);3H,1-2H3. The lowest BCUT2D eigenvalue weighted by Crippen LogP contribution is -2.21. The molecule has 0 fully saturated rings. The summed E-state index contributed by atoms with van der Waals surface area (Å²) >= 11 is 4.31. The topological polar surface area (TPSA) is 69.6 Å². The minimum Gasteiger partial charge on any atom is -0.478 e. The largest absolute Gasteiger partial charge is 0.478 e. The fraction of sp³-hybridized carbons (Fsp3) is 0.263. The summed E-state index contributed by atoms with van der Waals surface area (Å²) in [6.45, 7) is 1.81. The highest BCUT2D eigenvalue weighted by atomic mass is 127. The van der Waals surface area contributed by atoms with Gasteiger partial charge < -0.3 is 15.3 Å². The van der Waals surface area contributed by atoms with Crippen molar-refractivity contribution in [2.24, 2.45) is 0 Å². The highest BCUT2D eigenvalue weighted by Gasteiger charge is 2.07. The van der Waals surface area contributed by atoms with E-state index in [2.05, 4.69) is 50.5 Å². The van der Waals surface area contributed by atoms with Crippen molar-refractivity contribution in [2.45, 2.75) is 6.92 Å². The van der Waals surface area contributed by atoms with Crippen LogP contribution in [0, 0.1) is 14.1 Å². The maximum Gasteiger partial charge on any atom is 0.335 e. The summed E-state index contributed by atoms with van der Waals surface area (Å²) in [7, 11) is 7.25. The Hall–Kier alpha value is -1.20. The van der Waals surface area contributed by atoms with Crippen molar-refractivity contribution in [1.29, 1.82) is 0 Å². The zero-order valence-electron chi connectivity index (χ0n) is 15.5. The van der Waals surface area contributed by atoms with Gasteiger partial charge in [-0.05, 0) is 102 Å². The second kappa shape index (κ2) is 13.0. The van der Waals surface area contributed by atoms with Gasteiger partial charge in [0, 0.05) is 26.8 Å². The van der Waals surface area contributed by atoms with E-state index >= 15 is 0 Å². The van der Waals surface area contributed by atoms with Crippen molar-refractivity contribution in [3.8, 4) is 0 Å². The Bertz CT molecular complexity index is 734. The first-order valence-electron chi connectivity index (χ1n) is 7.69. The van der Waals surface area contributed by atoms with Crippen LogP contribution in [0.25, 0.3) is 0 Å². The Morgan fingerprint density at radius 2 is 1.58 bits per heavy atom. The fourth-order valence-electron chi connectivity index (χ4n) is 1.72. The molecule has 0 spiro atoms. The molecule has 0 aliphatic heterocycles. The average Bonchev–Trinajstić information content (AvgIpc) is 2.57. The molecule has 2 N–H and O–H groups in total. The van der Waals surface area contributed by atoms with Crippen molar-refractivity contribution < 1.29 is 14.7 Å². The van der Waals surface area contributed by atoms with Crippen LogP contribution in [0.3, 0.4) is 0 Å². The summed E-state index contributed by atoms with van der Waals surface area (Å²) in [4.78, 5) is 23.6. The molecule has 1 amide bonds. The molecule has 5 nitrogen and oxygen atoms in total. The molecule has 0 atom stereocenters. The molecular formula is C19H24I2N2O3. The highest BCUT2D eigenvalue weighted by Crippen LogP contribution is 2.15. The predicted molar refractivity (Wildman–Crippen MR) is 123 cm³/mol. The molecule has 2 aromatic rings. The zero-order chi connectivity index (χ0) is 20.3. The van der Waals surface area contributed by atoms with Gasteiger partial charge in [0.1, 0.15) is 0 Å². The molecule has 0 aliphatic rings. The number of carbonyl (C=O) groups excluding carboxylic acids is 1. The van der Waals surface area contributed by atoms with Crippen molar-refractivity contribution in [1.82, 2.24) is 10.2 Å². The van der Waals surface area contributed by atoms with E-state index in [0.717, 1.165) is 18.3 Å². The molecular weight excluding hydrogens is 558 g/mol. The SMILES string of the molecule is CN(C)C(=O)c1cccc(I)c1.CNC.Cc1c(I)cccc1C(=O)O. The molecule has 0 saturated heterocycles. The number of benzene rings is 2. The van der Waals surface area contributed by atoms with Gasteiger partial charge in [-0.15, -0.1) is 0 Å². The molecule has 0 bridgehead atoms. The average molecular weight is 582 g/mol. The number of carboxylic acid groups (broad SMARTS) is 1. The molecule has 0 unspecified atom stereocenters. The van der Waals surface area contributed by atoms with Gasteiger partial charge in [0.05, 0.1) is 5.56 Å². The van der Waals surface area contributed by atoms with Crippen LogP contribution in [0.4, 0.5) is 0 Å². The number of nitrogens with zero attached hydrogens (tertiary/aromatic N) is 1. The van der Waals surface area contributed by atoms with E-state index in [4.69, 9.17) is 5.11 Å². The number of hydrogen-bond donors (Lipinski definition) is 2. The van der Waals surface area contributed by atoms with Crippen molar-refractivity contribution in [3.05, 3.63) is 66.3 Å². The third-order valence-corrected chi connectivity index (χ3v) is 4.82. The second-order valence-corrected chi connectivity index (χ2v) is 7.84. The maximum atomic E-state index is 11.4. The zero-order valence-corrected chi connectivity index (χ0v) is 19.8. The lowest BCUT2D eigenvalue weighted by Gasteiger charge is -2.09. The first-order chi connectivity index (χ1) is 12.1. The highest BCUT2D eigenvalue weighted by molar-refractivity contribution is 14.1. The monoisotopic (exact) mass is 582 g/mol. The minimum atomic E-state index is -0.860. The lowest BCUT2D eigenvalue weighted by atomic mass is 10.1. The molecule has 0 aliphatic carbocycles. The Kier molecular flexibility index (Phi) is 12.4. The molecule has 26 heavy (non-hydrogen) atoms. The Balaban J connectivity index is 0.000000419. The Morgan fingerprint density at radius 3 is 2.00 bits per heavy atom. The molecule has 0 radical (unpaired) electrons. The third kappa shape index (κ3) is 8.95. The van der Waals surface area contributed by atoms with Crippen LogP contribution < -0.4 is 5.32 Å². The number of hydrogen-bond acceptors (Lipinski definition) is 3. The maximum absolute atomic E-state index is 11.4. The molecule has 0 aromatic heterocycles. The fourth-order valence-corrected chi connectivity index (χ4v) is 2.76. The lowest BCUT2D eigenvalue weighted by molar-refractivity contribution is 0.0695. The summed E-state index contributed by atoms with van der Waals surface area (Å²) in [5.74, 6) is -0.811. The van der Waals surface area contributed by atoms with Gasteiger partial charge in [0.25, 0.3) is 5.91 Å². The van der Waals surface area contributed by atoms with Crippen LogP contribution in [-0.2, 0) is 0 Å². The molecule has 0 heterocycles. The van der Waals surface area contributed by atoms with Crippen LogP contribution >= 0.6 is 45.2 Å². The number of nitrogens with one attached hydrogen (secondary N) is 1. The second-order valence-electron chi connectivity index (χ2n) is 5.43. The van der Waals surface area contributed by atoms with E-state index in [1.165, 1.54) is 0 Å². The first kappa shape index (κ1) is 24.8. The summed E-state index contributed by atoms with van der Waals surface area (Å²) < 4.78 is 2.07. The van der Waals surface area contributed by atoms with Crippen LogP contribution in [-0.4, -0.2) is 50.1 Å². The van der Waals surface area contributed by atoms with E-state index < -0.39 is 5.97 Å². The smallest absolute Gasteiger partial charge is 0.335 e. The summed E-state index contributed by atoms with van der Waals surface area (Å²) in [5.41, 5.74) is 1.96. The summed E-state index contributed by atoms with van der Waals surface area (Å²) in [6.07, 6.45) is 0. The van der Waals surface area contributed by atoms with Gasteiger partial charge in [-0.3, -0.25) is 4.79 Å². The predicted octanol–water partition coefficient (Wildman–Crippen LogP) is 4.13. The van der Waals surface area contributed by atoms with Gasteiger partial charge in [0.2, 0.25) is 0 Å². The molecule has 7 heteroatoms. The number of carboxylic acids is 1. The van der Waals surface area contributed by atoms with Gasteiger partial charge in [-0.2, -0.15) is 0 Å². The van der Waals surface area contributed by atoms with E-state index in [1.807, 2.05) is 51.4 Å². The summed E-state index contributed by atoms with van der Waals surface area (Å²) in [6, 6.07) is 12.8. The molecule has 2 aromatic carbocycles. The number of aromatic carboxylic acids is 1. The van der Waals surface area contributed by atoms with Gasteiger partial charge >= 0.3 is 5.97 Å². The normalized spacial score (nSPS) is 9.19. The van der Waals surface area contributed by atoms with Gasteiger partial charge in [-0.1, -0.05) is 12.1 Å². The Labute approximate surface area is 182 Å². The molecule has 2 rings (SSSR count). The first-order valence-corrected chi connectivity index (χ1v) is 9.85. The summed E-state index contributed by atoms with van der Waals surface area (Å²) in [5, 5.41) is 11.4. The van der Waals surface area contributed by atoms with E-state index in [9.17, 15) is 9.59 Å². The van der Waals surface area contributed by atoms with Crippen LogP contribution in [0.2, 0.25) is 0 Å². The number of halogens is 2. The molecule has 142 valence electrons. The third-order valence-electron chi connectivity index (χ3n) is 2.98. The van der Waals surface area contributed by atoms with E-state index in [1.54, 1.807) is 31.1 Å². The van der Waals surface area contributed by atoms with Crippen LogP contribution in [0.5, 0.6) is 0 Å².